The third-order valence-corrected chi connectivity index (χ3v) is 7.69. The molecule has 1 amide bonds. The molecule has 3 aromatic rings. The van der Waals surface area contributed by atoms with Gasteiger partial charge in [0.2, 0.25) is 0 Å². The van der Waals surface area contributed by atoms with Crippen molar-refractivity contribution in [3.63, 3.8) is 0 Å². The highest BCUT2D eigenvalue weighted by molar-refractivity contribution is 6.00. The molecular weight excluding hydrogens is 444 g/mol. The number of amides is 1. The molecular formula is C27H32N4O4. The van der Waals surface area contributed by atoms with Crippen LogP contribution < -0.4 is 9.64 Å². The number of aromatic nitrogens is 1. The number of benzene rings is 2. The van der Waals surface area contributed by atoms with E-state index in [2.05, 4.69) is 29.1 Å². The number of hydrogen-bond acceptors (Lipinski definition) is 5. The van der Waals surface area contributed by atoms with Crippen molar-refractivity contribution < 1.29 is 14.5 Å². The van der Waals surface area contributed by atoms with Crippen molar-refractivity contribution in [1.29, 1.82) is 0 Å². The molecule has 0 saturated carbocycles. The highest BCUT2D eigenvalue weighted by Crippen LogP contribution is 2.36. The molecule has 0 bridgehead atoms. The predicted molar refractivity (Wildman–Crippen MR) is 136 cm³/mol. The Morgan fingerprint density at radius 3 is 2.49 bits per heavy atom. The molecule has 35 heavy (non-hydrogen) atoms. The van der Waals surface area contributed by atoms with Crippen molar-refractivity contribution >= 4 is 28.2 Å². The van der Waals surface area contributed by atoms with Crippen LogP contribution in [-0.4, -0.2) is 54.0 Å². The van der Waals surface area contributed by atoms with E-state index < -0.39 is 4.92 Å². The summed E-state index contributed by atoms with van der Waals surface area (Å²) in [6.07, 6.45) is 5.89. The van der Waals surface area contributed by atoms with Gasteiger partial charge < -0.3 is 19.5 Å². The third kappa shape index (κ3) is 4.57. The number of carbonyl (C=O) groups excluding carboxylic acids is 1. The van der Waals surface area contributed by atoms with Crippen molar-refractivity contribution in [1.82, 2.24) is 9.88 Å². The van der Waals surface area contributed by atoms with E-state index >= 15 is 0 Å². The number of fused-ring (bicyclic) bond motifs is 1. The fourth-order valence-electron chi connectivity index (χ4n) is 5.48. The zero-order valence-corrected chi connectivity index (χ0v) is 20.3. The molecule has 2 fully saturated rings. The number of methoxy groups -OCH3 is 1. The first kappa shape index (κ1) is 23.2. The number of aromatic amines is 1. The second-order valence-corrected chi connectivity index (χ2v) is 9.85. The fourth-order valence-corrected chi connectivity index (χ4v) is 5.48. The van der Waals surface area contributed by atoms with Gasteiger partial charge in [0.1, 0.15) is 5.75 Å². The van der Waals surface area contributed by atoms with E-state index in [1.165, 1.54) is 17.7 Å². The fraction of sp³-hybridized carbons (Fsp3) is 0.444. The molecule has 8 heteroatoms. The van der Waals surface area contributed by atoms with E-state index in [0.717, 1.165) is 61.1 Å². The van der Waals surface area contributed by atoms with Gasteiger partial charge in [0.05, 0.1) is 23.3 Å². The highest BCUT2D eigenvalue weighted by atomic mass is 16.6. The van der Waals surface area contributed by atoms with Gasteiger partial charge in [-0.05, 0) is 67.3 Å². The second kappa shape index (κ2) is 9.60. The van der Waals surface area contributed by atoms with Crippen LogP contribution in [0.1, 0.15) is 54.4 Å². The number of non-ortho nitro benzene ring substituents is 1. The molecule has 2 aliphatic heterocycles. The monoisotopic (exact) mass is 476 g/mol. The molecule has 5 rings (SSSR count). The summed E-state index contributed by atoms with van der Waals surface area (Å²) in [7, 11) is 1.67. The number of rotatable bonds is 5. The van der Waals surface area contributed by atoms with E-state index in [9.17, 15) is 14.9 Å². The average Bonchev–Trinajstić information content (AvgIpc) is 3.31. The molecule has 0 atom stereocenters. The van der Waals surface area contributed by atoms with Crippen LogP contribution in [0, 0.1) is 16.0 Å². The molecule has 0 unspecified atom stereocenters. The number of hydrogen-bond donors (Lipinski definition) is 1. The van der Waals surface area contributed by atoms with Gasteiger partial charge in [0.25, 0.3) is 11.6 Å². The molecule has 1 N–H and O–H groups in total. The van der Waals surface area contributed by atoms with Crippen LogP contribution in [0.3, 0.4) is 0 Å². The summed E-state index contributed by atoms with van der Waals surface area (Å²) in [6, 6.07) is 10.8. The number of nitrogens with zero attached hydrogens (tertiary/aromatic N) is 3. The molecule has 1 aromatic heterocycles. The Balaban J connectivity index is 1.35. The van der Waals surface area contributed by atoms with Crippen molar-refractivity contribution in [2.75, 3.05) is 38.2 Å². The van der Waals surface area contributed by atoms with Gasteiger partial charge in [-0.2, -0.15) is 0 Å². The van der Waals surface area contributed by atoms with E-state index in [0.29, 0.717) is 30.5 Å². The topological polar surface area (TPSA) is 91.7 Å². The zero-order chi connectivity index (χ0) is 24.5. The number of piperidine rings is 2. The van der Waals surface area contributed by atoms with E-state index in [-0.39, 0.29) is 11.6 Å². The minimum Gasteiger partial charge on any atom is -0.497 e. The summed E-state index contributed by atoms with van der Waals surface area (Å²) >= 11 is 0. The summed E-state index contributed by atoms with van der Waals surface area (Å²) in [5, 5.41) is 12.6. The molecule has 2 saturated heterocycles. The quantitative estimate of drug-likeness (QED) is 0.396. The number of H-pyrrole nitrogens is 1. The van der Waals surface area contributed by atoms with Gasteiger partial charge >= 0.3 is 0 Å². The molecule has 0 spiro atoms. The molecule has 2 aliphatic rings. The Kier molecular flexibility index (Phi) is 6.36. The minimum atomic E-state index is -0.420. The number of nitro benzene ring substituents is 1. The standard InChI is InChI=1S/C27H32N4O4/c1-18-7-11-29(12-8-18)26-6-3-20(31(33)34)15-23(26)27(32)30-13-9-19(10-14-30)24-17-28-25-5-4-21(35-2)16-22(24)25/h3-6,15-19,28H,7-14H2,1-2H3. The minimum absolute atomic E-state index is 0.0369. The van der Waals surface area contributed by atoms with Crippen molar-refractivity contribution in [3.8, 4) is 5.75 Å². The maximum Gasteiger partial charge on any atom is 0.270 e. The Morgan fingerprint density at radius 2 is 1.80 bits per heavy atom. The number of carbonyl (C=O) groups is 1. The number of anilines is 1. The zero-order valence-electron chi connectivity index (χ0n) is 20.3. The number of nitro groups is 1. The lowest BCUT2D eigenvalue weighted by Gasteiger charge is -2.35. The molecule has 0 radical (unpaired) electrons. The van der Waals surface area contributed by atoms with E-state index in [4.69, 9.17) is 4.74 Å². The molecule has 2 aromatic carbocycles. The lowest BCUT2D eigenvalue weighted by atomic mass is 9.89. The van der Waals surface area contributed by atoms with E-state index in [1.54, 1.807) is 13.2 Å². The predicted octanol–water partition coefficient (Wildman–Crippen LogP) is 5.34. The van der Waals surface area contributed by atoms with Gasteiger partial charge in [-0.25, -0.2) is 0 Å². The van der Waals surface area contributed by atoms with Crippen molar-refractivity contribution in [2.24, 2.45) is 5.92 Å². The van der Waals surface area contributed by atoms with Crippen LogP contribution in [0.25, 0.3) is 10.9 Å². The highest BCUT2D eigenvalue weighted by Gasteiger charge is 2.30. The Bertz CT molecular complexity index is 1240. The van der Waals surface area contributed by atoms with E-state index in [1.807, 2.05) is 17.0 Å². The number of ether oxygens (including phenoxy) is 1. The first-order valence-corrected chi connectivity index (χ1v) is 12.4. The van der Waals surface area contributed by atoms with Gasteiger partial charge in [-0.15, -0.1) is 0 Å². The molecule has 8 nitrogen and oxygen atoms in total. The Hall–Kier alpha value is -3.55. The van der Waals surface area contributed by atoms with Crippen LogP contribution >= 0.6 is 0 Å². The van der Waals surface area contributed by atoms with Gasteiger partial charge in [0, 0.05) is 55.4 Å². The molecule has 3 heterocycles. The van der Waals surface area contributed by atoms with Crippen LogP contribution in [0.4, 0.5) is 11.4 Å². The van der Waals surface area contributed by atoms with Crippen molar-refractivity contribution in [2.45, 2.75) is 38.5 Å². The first-order valence-electron chi connectivity index (χ1n) is 12.4. The van der Waals surface area contributed by atoms with Crippen LogP contribution in [0.15, 0.2) is 42.6 Å². The van der Waals surface area contributed by atoms with Gasteiger partial charge in [-0.3, -0.25) is 14.9 Å². The SMILES string of the molecule is COc1ccc2[nH]cc(C3CCN(C(=O)c4cc([N+](=O)[O-])ccc4N4CCC(C)CC4)CC3)c2c1. The van der Waals surface area contributed by atoms with Crippen LogP contribution in [0.2, 0.25) is 0 Å². The number of likely N-dealkylation sites (tertiary alicyclic amines) is 1. The van der Waals surface area contributed by atoms with Gasteiger partial charge in [0.15, 0.2) is 0 Å². The Morgan fingerprint density at radius 1 is 1.06 bits per heavy atom. The average molecular weight is 477 g/mol. The smallest absolute Gasteiger partial charge is 0.270 e. The largest absolute Gasteiger partial charge is 0.497 e. The summed E-state index contributed by atoms with van der Waals surface area (Å²) in [5.74, 6) is 1.72. The second-order valence-electron chi connectivity index (χ2n) is 9.85. The Labute approximate surface area is 205 Å². The lowest BCUT2D eigenvalue weighted by molar-refractivity contribution is -0.384. The first-order chi connectivity index (χ1) is 16.9. The molecule has 184 valence electrons. The third-order valence-electron chi connectivity index (χ3n) is 7.69. The number of nitrogens with one attached hydrogen (secondary N) is 1. The summed E-state index contributed by atoms with van der Waals surface area (Å²) < 4.78 is 5.41. The van der Waals surface area contributed by atoms with Crippen LogP contribution in [0.5, 0.6) is 5.75 Å². The lowest BCUT2D eigenvalue weighted by Crippen LogP contribution is -2.40. The summed E-state index contributed by atoms with van der Waals surface area (Å²) in [4.78, 5) is 32.1. The summed E-state index contributed by atoms with van der Waals surface area (Å²) in [6.45, 7) is 5.22. The normalized spacial score (nSPS) is 17.7. The molecule has 0 aliphatic carbocycles. The van der Waals surface area contributed by atoms with Crippen LogP contribution in [-0.2, 0) is 0 Å². The maximum absolute atomic E-state index is 13.6. The summed E-state index contributed by atoms with van der Waals surface area (Å²) in [5.41, 5.74) is 3.56. The maximum atomic E-state index is 13.6. The van der Waals surface area contributed by atoms with Crippen molar-refractivity contribution in [3.05, 3.63) is 63.8 Å². The van der Waals surface area contributed by atoms with Gasteiger partial charge in [-0.1, -0.05) is 6.92 Å².